The van der Waals surface area contributed by atoms with Crippen molar-refractivity contribution in [3.63, 3.8) is 0 Å². The van der Waals surface area contributed by atoms with Crippen molar-refractivity contribution in [3.8, 4) is 0 Å². The number of hydrogen-bond acceptors (Lipinski definition) is 4. The molecule has 0 fully saturated rings. The lowest BCUT2D eigenvalue weighted by atomic mass is 10.1. The summed E-state index contributed by atoms with van der Waals surface area (Å²) in [6.07, 6.45) is 0. The van der Waals surface area contributed by atoms with E-state index in [2.05, 4.69) is 5.16 Å². The van der Waals surface area contributed by atoms with E-state index in [-0.39, 0.29) is 5.82 Å². The van der Waals surface area contributed by atoms with Crippen molar-refractivity contribution in [1.82, 2.24) is 5.16 Å². The number of nitrogens with zero attached hydrogens (tertiary/aromatic N) is 2. The topological polar surface area (TPSA) is 66.6 Å². The van der Waals surface area contributed by atoms with Crippen LogP contribution < -0.4 is 4.90 Å². The molecule has 118 valence electrons. The molecule has 22 heavy (non-hydrogen) atoms. The second-order valence-corrected chi connectivity index (χ2v) is 5.40. The van der Waals surface area contributed by atoms with Crippen LogP contribution in [0.2, 0.25) is 0 Å². The van der Waals surface area contributed by atoms with Crippen LogP contribution >= 0.6 is 0 Å². The molecular weight excluding hydrogens is 287 g/mol. The minimum atomic E-state index is -0.870. The molecule has 6 heteroatoms. The summed E-state index contributed by atoms with van der Waals surface area (Å²) in [7, 11) is 0. The summed E-state index contributed by atoms with van der Waals surface area (Å²) in [6, 6.07) is 6.01. The van der Waals surface area contributed by atoms with E-state index in [1.807, 2.05) is 18.7 Å². The molecule has 1 aromatic carbocycles. The SMILES string of the molecule is Cc1noc(C)c1CN(CC(C)C(=O)O)c1ccc(F)cc1. The lowest BCUT2D eigenvalue weighted by molar-refractivity contribution is -0.140. The van der Waals surface area contributed by atoms with E-state index in [4.69, 9.17) is 9.63 Å². The van der Waals surface area contributed by atoms with Gasteiger partial charge >= 0.3 is 5.97 Å². The maximum Gasteiger partial charge on any atom is 0.308 e. The smallest absolute Gasteiger partial charge is 0.308 e. The number of carbonyl (C=O) groups is 1. The molecule has 2 aromatic rings. The number of carboxylic acid groups (broad SMARTS) is 1. The number of rotatable bonds is 6. The third-order valence-electron chi connectivity index (χ3n) is 3.64. The summed E-state index contributed by atoms with van der Waals surface area (Å²) in [6.45, 7) is 6.08. The van der Waals surface area contributed by atoms with E-state index >= 15 is 0 Å². The highest BCUT2D eigenvalue weighted by atomic mass is 19.1. The van der Waals surface area contributed by atoms with Crippen molar-refractivity contribution >= 4 is 11.7 Å². The standard InChI is InChI=1S/C16H19FN2O3/c1-10(16(20)21)8-19(14-6-4-13(17)5-7-14)9-15-11(2)18-22-12(15)3/h4-7,10H,8-9H2,1-3H3,(H,20,21). The summed E-state index contributed by atoms with van der Waals surface area (Å²) < 4.78 is 18.3. The summed E-state index contributed by atoms with van der Waals surface area (Å²) in [4.78, 5) is 13.0. The van der Waals surface area contributed by atoms with Gasteiger partial charge in [-0.3, -0.25) is 4.79 Å². The molecule has 1 unspecified atom stereocenters. The van der Waals surface area contributed by atoms with Crippen molar-refractivity contribution in [2.45, 2.75) is 27.3 Å². The Kier molecular flexibility index (Phi) is 4.80. The van der Waals surface area contributed by atoms with Gasteiger partial charge in [0.05, 0.1) is 11.6 Å². The molecule has 1 heterocycles. The van der Waals surface area contributed by atoms with Gasteiger partial charge in [-0.05, 0) is 38.1 Å². The molecule has 0 bridgehead atoms. The molecule has 0 aliphatic rings. The van der Waals surface area contributed by atoms with Gasteiger partial charge in [0.25, 0.3) is 0 Å². The van der Waals surface area contributed by atoms with E-state index in [0.717, 1.165) is 16.9 Å². The predicted molar refractivity (Wildman–Crippen MR) is 80.2 cm³/mol. The van der Waals surface area contributed by atoms with Crippen LogP contribution in [0.25, 0.3) is 0 Å². The fourth-order valence-electron chi connectivity index (χ4n) is 2.24. The van der Waals surface area contributed by atoms with Crippen LogP contribution in [0.15, 0.2) is 28.8 Å². The molecule has 0 saturated carbocycles. The summed E-state index contributed by atoms with van der Waals surface area (Å²) in [5, 5.41) is 13.1. The number of aliphatic carboxylic acids is 1. The Labute approximate surface area is 128 Å². The lowest BCUT2D eigenvalue weighted by Gasteiger charge is -2.26. The fourth-order valence-corrected chi connectivity index (χ4v) is 2.24. The van der Waals surface area contributed by atoms with Gasteiger partial charge in [0.1, 0.15) is 11.6 Å². The Morgan fingerprint density at radius 2 is 2.00 bits per heavy atom. The van der Waals surface area contributed by atoms with E-state index in [1.54, 1.807) is 19.1 Å². The first-order chi connectivity index (χ1) is 10.4. The molecule has 0 amide bonds. The van der Waals surface area contributed by atoms with Crippen LogP contribution in [0.5, 0.6) is 0 Å². The quantitative estimate of drug-likeness (QED) is 0.888. The van der Waals surface area contributed by atoms with Crippen molar-refractivity contribution < 1.29 is 18.8 Å². The number of aromatic nitrogens is 1. The summed E-state index contributed by atoms with van der Waals surface area (Å²) >= 11 is 0. The van der Waals surface area contributed by atoms with Crippen LogP contribution in [0.4, 0.5) is 10.1 Å². The van der Waals surface area contributed by atoms with Gasteiger partial charge in [0.2, 0.25) is 0 Å². The Bertz CT molecular complexity index is 632. The highest BCUT2D eigenvalue weighted by molar-refractivity contribution is 5.70. The highest BCUT2D eigenvalue weighted by Gasteiger charge is 2.20. The minimum absolute atomic E-state index is 0.311. The van der Waals surface area contributed by atoms with Crippen molar-refractivity contribution in [3.05, 3.63) is 47.1 Å². The van der Waals surface area contributed by atoms with E-state index in [9.17, 15) is 9.18 Å². The fraction of sp³-hybridized carbons (Fsp3) is 0.375. The van der Waals surface area contributed by atoms with Gasteiger partial charge in [-0.25, -0.2) is 4.39 Å². The average Bonchev–Trinajstić information content (AvgIpc) is 2.79. The van der Waals surface area contributed by atoms with Crippen LogP contribution in [-0.2, 0) is 11.3 Å². The van der Waals surface area contributed by atoms with E-state index < -0.39 is 11.9 Å². The Balaban J connectivity index is 2.28. The van der Waals surface area contributed by atoms with Gasteiger partial charge in [-0.2, -0.15) is 0 Å². The molecule has 1 N–H and O–H groups in total. The van der Waals surface area contributed by atoms with Crippen molar-refractivity contribution in [1.29, 1.82) is 0 Å². The molecule has 0 aliphatic heterocycles. The zero-order valence-corrected chi connectivity index (χ0v) is 12.8. The second-order valence-electron chi connectivity index (χ2n) is 5.40. The maximum absolute atomic E-state index is 13.1. The predicted octanol–water partition coefficient (Wildman–Crippen LogP) is 3.16. The summed E-state index contributed by atoms with van der Waals surface area (Å²) in [5.41, 5.74) is 2.45. The Morgan fingerprint density at radius 3 is 2.50 bits per heavy atom. The van der Waals surface area contributed by atoms with Crippen LogP contribution in [0.1, 0.15) is 23.9 Å². The maximum atomic E-state index is 13.1. The highest BCUT2D eigenvalue weighted by Crippen LogP contribution is 2.22. The van der Waals surface area contributed by atoms with Crippen molar-refractivity contribution in [2.75, 3.05) is 11.4 Å². The molecule has 1 atom stereocenters. The molecule has 1 aromatic heterocycles. The zero-order valence-electron chi connectivity index (χ0n) is 12.8. The Morgan fingerprint density at radius 1 is 1.36 bits per heavy atom. The lowest BCUT2D eigenvalue weighted by Crippen LogP contribution is -2.31. The van der Waals surface area contributed by atoms with Gasteiger partial charge in [-0.15, -0.1) is 0 Å². The number of aryl methyl sites for hydroxylation is 2. The van der Waals surface area contributed by atoms with Gasteiger partial charge < -0.3 is 14.5 Å². The van der Waals surface area contributed by atoms with Gasteiger partial charge in [0.15, 0.2) is 0 Å². The molecule has 2 rings (SSSR count). The van der Waals surface area contributed by atoms with Crippen molar-refractivity contribution in [2.24, 2.45) is 5.92 Å². The first kappa shape index (κ1) is 16.0. The molecular formula is C16H19FN2O3. The number of halogens is 1. The minimum Gasteiger partial charge on any atom is -0.481 e. The van der Waals surface area contributed by atoms with Gasteiger partial charge in [0, 0.05) is 24.3 Å². The van der Waals surface area contributed by atoms with E-state index in [1.165, 1.54) is 12.1 Å². The van der Waals surface area contributed by atoms with Crippen LogP contribution in [0, 0.1) is 25.6 Å². The third kappa shape index (κ3) is 3.63. The first-order valence-electron chi connectivity index (χ1n) is 7.03. The zero-order chi connectivity index (χ0) is 16.3. The third-order valence-corrected chi connectivity index (χ3v) is 3.64. The monoisotopic (exact) mass is 306 g/mol. The molecule has 0 spiro atoms. The largest absolute Gasteiger partial charge is 0.481 e. The number of benzene rings is 1. The number of carboxylic acids is 1. The van der Waals surface area contributed by atoms with Crippen LogP contribution in [-0.4, -0.2) is 22.8 Å². The summed E-state index contributed by atoms with van der Waals surface area (Å²) in [5.74, 6) is -1.05. The van der Waals surface area contributed by atoms with Crippen LogP contribution in [0.3, 0.4) is 0 Å². The number of hydrogen-bond donors (Lipinski definition) is 1. The van der Waals surface area contributed by atoms with E-state index in [0.29, 0.717) is 18.8 Å². The average molecular weight is 306 g/mol. The molecule has 0 saturated heterocycles. The second kappa shape index (κ2) is 6.60. The molecule has 0 radical (unpaired) electrons. The number of anilines is 1. The molecule has 5 nitrogen and oxygen atoms in total. The first-order valence-corrected chi connectivity index (χ1v) is 7.03. The van der Waals surface area contributed by atoms with Gasteiger partial charge in [-0.1, -0.05) is 12.1 Å². The normalized spacial score (nSPS) is 12.2. The molecule has 0 aliphatic carbocycles. The Hall–Kier alpha value is -2.37.